The van der Waals surface area contributed by atoms with Gasteiger partial charge in [0.15, 0.2) is 0 Å². The van der Waals surface area contributed by atoms with Gasteiger partial charge in [-0.3, -0.25) is 4.79 Å². The topological polar surface area (TPSA) is 20.1 Å². The highest BCUT2D eigenvalue weighted by Gasteiger charge is 2.29. The van der Waals surface area contributed by atoms with E-state index in [1.165, 1.54) is 0 Å². The zero-order chi connectivity index (χ0) is 5.98. The van der Waals surface area contributed by atoms with Crippen molar-refractivity contribution in [2.45, 2.75) is 13.0 Å². The second kappa shape index (κ2) is 1.87. The molecule has 0 N–H and O–H groups in total. The standard InChI is InChI=1S/C6H7NO/c1-2-3-6-4-7(6)5-8/h5-6H,4H2,1H3. The summed E-state index contributed by atoms with van der Waals surface area (Å²) >= 11 is 0. The van der Waals surface area contributed by atoms with Gasteiger partial charge >= 0.3 is 0 Å². The number of hydrogen-bond donors (Lipinski definition) is 0. The summed E-state index contributed by atoms with van der Waals surface area (Å²) in [7, 11) is 0. The molecular formula is C6H7NO. The summed E-state index contributed by atoms with van der Waals surface area (Å²) in [5.41, 5.74) is 0. The molecule has 0 spiro atoms. The second-order valence-corrected chi connectivity index (χ2v) is 1.71. The molecule has 1 aliphatic heterocycles. The van der Waals surface area contributed by atoms with Crippen LogP contribution in [-0.2, 0) is 4.79 Å². The Labute approximate surface area is 48.5 Å². The fourth-order valence-electron chi connectivity index (χ4n) is 0.564. The minimum atomic E-state index is 0.234. The van der Waals surface area contributed by atoms with E-state index in [0.29, 0.717) is 0 Å². The van der Waals surface area contributed by atoms with Gasteiger partial charge in [0.2, 0.25) is 6.41 Å². The summed E-state index contributed by atoms with van der Waals surface area (Å²) < 4.78 is 0. The largest absolute Gasteiger partial charge is 0.327 e. The third-order valence-electron chi connectivity index (χ3n) is 1.10. The van der Waals surface area contributed by atoms with E-state index in [0.717, 1.165) is 13.0 Å². The smallest absolute Gasteiger partial charge is 0.210 e. The molecule has 0 bridgehead atoms. The van der Waals surface area contributed by atoms with Gasteiger partial charge < -0.3 is 4.90 Å². The van der Waals surface area contributed by atoms with E-state index in [4.69, 9.17) is 0 Å². The molecule has 8 heavy (non-hydrogen) atoms. The van der Waals surface area contributed by atoms with Crippen LogP contribution >= 0.6 is 0 Å². The highest BCUT2D eigenvalue weighted by molar-refractivity contribution is 5.54. The third-order valence-corrected chi connectivity index (χ3v) is 1.10. The second-order valence-electron chi connectivity index (χ2n) is 1.71. The van der Waals surface area contributed by atoms with Gasteiger partial charge in [0.05, 0.1) is 6.54 Å². The molecule has 2 nitrogen and oxygen atoms in total. The molecule has 1 amide bonds. The summed E-state index contributed by atoms with van der Waals surface area (Å²) in [4.78, 5) is 11.6. The van der Waals surface area contributed by atoms with Crippen LogP contribution in [0.5, 0.6) is 0 Å². The minimum absolute atomic E-state index is 0.234. The number of nitrogens with zero attached hydrogens (tertiary/aromatic N) is 1. The third kappa shape index (κ3) is 0.812. The molecule has 1 atom stereocenters. The molecule has 1 saturated heterocycles. The van der Waals surface area contributed by atoms with Gasteiger partial charge in [0.25, 0.3) is 0 Å². The first-order chi connectivity index (χ1) is 3.88. The molecule has 0 saturated carbocycles. The fraction of sp³-hybridized carbons (Fsp3) is 0.500. The first kappa shape index (κ1) is 5.17. The van der Waals surface area contributed by atoms with E-state index in [1.54, 1.807) is 11.8 Å². The van der Waals surface area contributed by atoms with Crippen molar-refractivity contribution in [3.63, 3.8) is 0 Å². The predicted octanol–water partition coefficient (Wildman–Crippen LogP) is -0.150. The lowest BCUT2D eigenvalue weighted by atomic mass is 10.5. The maximum atomic E-state index is 9.91. The average Bonchev–Trinajstić information content (AvgIpc) is 2.48. The van der Waals surface area contributed by atoms with Crippen LogP contribution in [0.15, 0.2) is 0 Å². The lowest BCUT2D eigenvalue weighted by molar-refractivity contribution is -0.113. The van der Waals surface area contributed by atoms with Crippen molar-refractivity contribution in [1.29, 1.82) is 0 Å². The minimum Gasteiger partial charge on any atom is -0.327 e. The molecule has 1 fully saturated rings. The lowest BCUT2D eigenvalue weighted by Gasteiger charge is -1.79. The van der Waals surface area contributed by atoms with Crippen molar-refractivity contribution in [2.24, 2.45) is 0 Å². The van der Waals surface area contributed by atoms with Crippen molar-refractivity contribution in [3.8, 4) is 11.8 Å². The van der Waals surface area contributed by atoms with Crippen LogP contribution in [0.2, 0.25) is 0 Å². The Morgan fingerprint density at radius 2 is 2.62 bits per heavy atom. The van der Waals surface area contributed by atoms with Crippen LogP contribution in [0.4, 0.5) is 0 Å². The van der Waals surface area contributed by atoms with Gasteiger partial charge in [-0.1, -0.05) is 5.92 Å². The monoisotopic (exact) mass is 109 g/mol. The SMILES string of the molecule is CC#CC1CN1C=O. The van der Waals surface area contributed by atoms with Crippen molar-refractivity contribution >= 4 is 6.41 Å². The van der Waals surface area contributed by atoms with Crippen LogP contribution in [0.1, 0.15) is 6.92 Å². The number of hydrogen-bond acceptors (Lipinski definition) is 1. The van der Waals surface area contributed by atoms with E-state index in [9.17, 15) is 4.79 Å². The first-order valence-electron chi connectivity index (χ1n) is 2.52. The van der Waals surface area contributed by atoms with Crippen molar-refractivity contribution < 1.29 is 4.79 Å². The molecule has 0 aromatic carbocycles. The quantitative estimate of drug-likeness (QED) is 0.260. The first-order valence-corrected chi connectivity index (χ1v) is 2.52. The average molecular weight is 109 g/mol. The number of carbonyl (C=O) groups is 1. The molecule has 42 valence electrons. The Morgan fingerprint density at radius 1 is 1.88 bits per heavy atom. The lowest BCUT2D eigenvalue weighted by Crippen LogP contribution is -1.94. The number of carbonyl (C=O) groups excluding carboxylic acids is 1. The van der Waals surface area contributed by atoms with E-state index in [-0.39, 0.29) is 6.04 Å². The molecule has 0 aliphatic carbocycles. The molecule has 0 radical (unpaired) electrons. The highest BCUT2D eigenvalue weighted by atomic mass is 16.1. The Morgan fingerprint density at radius 3 is 3.00 bits per heavy atom. The predicted molar refractivity (Wildman–Crippen MR) is 30.0 cm³/mol. The maximum absolute atomic E-state index is 9.91. The van der Waals surface area contributed by atoms with Crippen molar-refractivity contribution in [3.05, 3.63) is 0 Å². The van der Waals surface area contributed by atoms with Crippen LogP contribution in [0.25, 0.3) is 0 Å². The number of amides is 1. The molecule has 1 aliphatic rings. The van der Waals surface area contributed by atoms with E-state index < -0.39 is 0 Å². The Bertz CT molecular complexity index is 154. The summed E-state index contributed by atoms with van der Waals surface area (Å²) in [5, 5.41) is 0. The number of rotatable bonds is 1. The normalized spacial score (nSPS) is 23.6. The van der Waals surface area contributed by atoms with Crippen molar-refractivity contribution in [1.82, 2.24) is 4.90 Å². The molecule has 1 heterocycles. The summed E-state index contributed by atoms with van der Waals surface area (Å²) in [6.45, 7) is 2.60. The summed E-state index contributed by atoms with van der Waals surface area (Å²) in [6, 6.07) is 0.234. The molecule has 1 rings (SSSR count). The molecular weight excluding hydrogens is 102 g/mol. The van der Waals surface area contributed by atoms with Gasteiger partial charge in [0, 0.05) is 0 Å². The van der Waals surface area contributed by atoms with Gasteiger partial charge in [-0.05, 0) is 6.92 Å². The van der Waals surface area contributed by atoms with Gasteiger partial charge in [0.1, 0.15) is 6.04 Å². The molecule has 1 unspecified atom stereocenters. The van der Waals surface area contributed by atoms with E-state index >= 15 is 0 Å². The van der Waals surface area contributed by atoms with Gasteiger partial charge in [-0.25, -0.2) is 0 Å². The van der Waals surface area contributed by atoms with Crippen molar-refractivity contribution in [2.75, 3.05) is 6.54 Å². The summed E-state index contributed by atoms with van der Waals surface area (Å²) in [5.74, 6) is 5.61. The fourth-order valence-corrected chi connectivity index (χ4v) is 0.564. The Balaban J connectivity index is 2.33. The molecule has 0 aromatic rings. The zero-order valence-corrected chi connectivity index (χ0v) is 4.72. The highest BCUT2D eigenvalue weighted by Crippen LogP contribution is 2.11. The summed E-state index contributed by atoms with van der Waals surface area (Å²) in [6.07, 6.45) is 0.828. The Hall–Kier alpha value is -0.970. The van der Waals surface area contributed by atoms with Crippen LogP contribution in [0.3, 0.4) is 0 Å². The van der Waals surface area contributed by atoms with Crippen LogP contribution < -0.4 is 0 Å². The van der Waals surface area contributed by atoms with E-state index in [1.807, 2.05) is 0 Å². The molecule has 0 aromatic heterocycles. The van der Waals surface area contributed by atoms with Gasteiger partial charge in [-0.15, -0.1) is 5.92 Å². The molecule has 2 heteroatoms. The van der Waals surface area contributed by atoms with Crippen LogP contribution in [-0.4, -0.2) is 23.9 Å². The van der Waals surface area contributed by atoms with Crippen LogP contribution in [0, 0.1) is 11.8 Å². The maximum Gasteiger partial charge on any atom is 0.210 e. The van der Waals surface area contributed by atoms with Gasteiger partial charge in [-0.2, -0.15) is 0 Å². The zero-order valence-electron chi connectivity index (χ0n) is 4.72. The Kier molecular flexibility index (Phi) is 1.21. The van der Waals surface area contributed by atoms with E-state index in [2.05, 4.69) is 11.8 Å².